The van der Waals surface area contributed by atoms with Crippen LogP contribution in [0.3, 0.4) is 0 Å². The van der Waals surface area contributed by atoms with Crippen molar-refractivity contribution in [1.82, 2.24) is 10.3 Å². The molecule has 1 unspecified atom stereocenters. The zero-order valence-corrected chi connectivity index (χ0v) is 13.5. The average molecular weight is 325 g/mol. The molecule has 1 aliphatic rings. The summed E-state index contributed by atoms with van der Waals surface area (Å²) in [6, 6.07) is 5.17. The third-order valence-corrected chi connectivity index (χ3v) is 5.32. The standard InChI is InChI=1S/C16H18ClFN2S/c1-2-19-13-7-4-8-14-16(13)20-15(21-14)9-10-11(17)5-3-6-12(10)18/h3,5-6,13,19H,2,4,7-9H2,1H3. The van der Waals surface area contributed by atoms with Crippen molar-refractivity contribution in [3.8, 4) is 0 Å². The first-order chi connectivity index (χ1) is 10.2. The number of fused-ring (bicyclic) bond motifs is 1. The van der Waals surface area contributed by atoms with Gasteiger partial charge in [-0.2, -0.15) is 0 Å². The number of thiazole rings is 1. The minimum atomic E-state index is -0.251. The lowest BCUT2D eigenvalue weighted by molar-refractivity contribution is 0.465. The maximum atomic E-state index is 13.9. The van der Waals surface area contributed by atoms with Crippen LogP contribution in [0, 0.1) is 5.82 Å². The fraction of sp³-hybridized carbons (Fsp3) is 0.438. The highest BCUT2D eigenvalue weighted by molar-refractivity contribution is 7.11. The first kappa shape index (κ1) is 14.9. The number of benzene rings is 1. The second-order valence-corrected chi connectivity index (χ2v) is 6.87. The van der Waals surface area contributed by atoms with Crippen LogP contribution in [0.2, 0.25) is 5.02 Å². The highest BCUT2D eigenvalue weighted by atomic mass is 35.5. The van der Waals surface area contributed by atoms with Gasteiger partial charge in [-0.05, 0) is 37.9 Å². The monoisotopic (exact) mass is 324 g/mol. The average Bonchev–Trinajstić information content (AvgIpc) is 2.87. The van der Waals surface area contributed by atoms with Gasteiger partial charge in [0.15, 0.2) is 0 Å². The van der Waals surface area contributed by atoms with E-state index < -0.39 is 0 Å². The lowest BCUT2D eigenvalue weighted by Crippen LogP contribution is -2.24. The number of nitrogens with zero attached hydrogens (tertiary/aromatic N) is 1. The van der Waals surface area contributed by atoms with E-state index in [1.54, 1.807) is 23.5 Å². The van der Waals surface area contributed by atoms with Crippen LogP contribution in [0.25, 0.3) is 0 Å². The molecule has 0 amide bonds. The first-order valence-corrected chi connectivity index (χ1v) is 8.53. The van der Waals surface area contributed by atoms with Gasteiger partial charge in [0.25, 0.3) is 0 Å². The summed E-state index contributed by atoms with van der Waals surface area (Å²) in [5, 5.41) is 4.92. The summed E-state index contributed by atoms with van der Waals surface area (Å²) >= 11 is 7.81. The Bertz CT molecular complexity index is 621. The minimum Gasteiger partial charge on any atom is -0.309 e. The Morgan fingerprint density at radius 1 is 1.48 bits per heavy atom. The van der Waals surface area contributed by atoms with E-state index in [0.29, 0.717) is 23.0 Å². The third kappa shape index (κ3) is 3.12. The van der Waals surface area contributed by atoms with Gasteiger partial charge < -0.3 is 5.32 Å². The highest BCUT2D eigenvalue weighted by Crippen LogP contribution is 2.34. The summed E-state index contributed by atoms with van der Waals surface area (Å²) < 4.78 is 13.9. The largest absolute Gasteiger partial charge is 0.309 e. The van der Waals surface area contributed by atoms with E-state index in [1.807, 2.05) is 0 Å². The van der Waals surface area contributed by atoms with E-state index in [0.717, 1.165) is 30.1 Å². The van der Waals surface area contributed by atoms with Crippen LogP contribution in [0.1, 0.15) is 46.9 Å². The number of nitrogens with one attached hydrogen (secondary N) is 1. The molecule has 0 spiro atoms. The maximum absolute atomic E-state index is 13.9. The van der Waals surface area contributed by atoms with Crippen molar-refractivity contribution in [2.45, 2.75) is 38.6 Å². The van der Waals surface area contributed by atoms with Crippen LogP contribution >= 0.6 is 22.9 Å². The number of rotatable bonds is 4. The number of halogens is 2. The molecule has 1 aromatic carbocycles. The summed E-state index contributed by atoms with van der Waals surface area (Å²) in [7, 11) is 0. The Kier molecular flexibility index (Phi) is 4.57. The van der Waals surface area contributed by atoms with E-state index in [-0.39, 0.29) is 5.82 Å². The Labute approximate surface area is 133 Å². The fourth-order valence-corrected chi connectivity index (χ4v) is 4.26. The summed E-state index contributed by atoms with van der Waals surface area (Å²) in [6.07, 6.45) is 3.87. The highest BCUT2D eigenvalue weighted by Gasteiger charge is 2.24. The smallest absolute Gasteiger partial charge is 0.128 e. The van der Waals surface area contributed by atoms with E-state index in [2.05, 4.69) is 12.2 Å². The van der Waals surface area contributed by atoms with Crippen LogP contribution in [-0.4, -0.2) is 11.5 Å². The zero-order valence-electron chi connectivity index (χ0n) is 12.0. The van der Waals surface area contributed by atoms with E-state index >= 15 is 0 Å². The van der Waals surface area contributed by atoms with Gasteiger partial charge in [-0.1, -0.05) is 24.6 Å². The Hall–Kier alpha value is -0.970. The summed E-state index contributed by atoms with van der Waals surface area (Å²) in [5.74, 6) is -0.251. The first-order valence-electron chi connectivity index (χ1n) is 7.33. The maximum Gasteiger partial charge on any atom is 0.128 e. The van der Waals surface area contributed by atoms with Crippen molar-refractivity contribution in [3.05, 3.63) is 50.2 Å². The van der Waals surface area contributed by atoms with Crippen molar-refractivity contribution < 1.29 is 4.39 Å². The number of aromatic nitrogens is 1. The van der Waals surface area contributed by atoms with Crippen molar-refractivity contribution in [2.24, 2.45) is 0 Å². The van der Waals surface area contributed by atoms with Crippen molar-refractivity contribution >= 4 is 22.9 Å². The molecule has 1 N–H and O–H groups in total. The lowest BCUT2D eigenvalue weighted by Gasteiger charge is -2.21. The topological polar surface area (TPSA) is 24.9 Å². The van der Waals surface area contributed by atoms with Crippen LogP contribution in [-0.2, 0) is 12.8 Å². The van der Waals surface area contributed by atoms with Crippen molar-refractivity contribution in [1.29, 1.82) is 0 Å². The van der Waals surface area contributed by atoms with Gasteiger partial charge in [-0.15, -0.1) is 11.3 Å². The predicted octanol–water partition coefficient (Wildman–Crippen LogP) is 4.51. The molecule has 112 valence electrons. The molecule has 0 fully saturated rings. The summed E-state index contributed by atoms with van der Waals surface area (Å²) in [4.78, 5) is 6.10. The van der Waals surface area contributed by atoms with E-state index in [4.69, 9.17) is 16.6 Å². The number of hydrogen-bond acceptors (Lipinski definition) is 3. The van der Waals surface area contributed by atoms with E-state index in [1.165, 1.54) is 17.4 Å². The normalized spacial score (nSPS) is 17.8. The molecule has 0 radical (unpaired) electrons. The summed E-state index contributed by atoms with van der Waals surface area (Å²) in [6.45, 7) is 3.05. The third-order valence-electron chi connectivity index (χ3n) is 3.84. The van der Waals surface area contributed by atoms with Gasteiger partial charge in [0.1, 0.15) is 5.82 Å². The molecule has 2 nitrogen and oxygen atoms in total. The molecule has 21 heavy (non-hydrogen) atoms. The van der Waals surface area contributed by atoms with Gasteiger partial charge in [0.2, 0.25) is 0 Å². The Morgan fingerprint density at radius 2 is 2.33 bits per heavy atom. The molecule has 0 saturated carbocycles. The van der Waals surface area contributed by atoms with Gasteiger partial charge in [-0.25, -0.2) is 9.37 Å². The molecule has 1 heterocycles. The van der Waals surface area contributed by atoms with Gasteiger partial charge in [0, 0.05) is 21.9 Å². The quantitative estimate of drug-likeness (QED) is 0.894. The van der Waals surface area contributed by atoms with Gasteiger partial charge in [0.05, 0.1) is 16.7 Å². The summed E-state index contributed by atoms with van der Waals surface area (Å²) in [5.41, 5.74) is 1.71. The second-order valence-electron chi connectivity index (χ2n) is 5.30. The Morgan fingerprint density at radius 3 is 3.10 bits per heavy atom. The molecular formula is C16H18ClFN2S. The SMILES string of the molecule is CCNC1CCCc2sc(Cc3c(F)cccc3Cl)nc21. The van der Waals surface area contributed by atoms with E-state index in [9.17, 15) is 4.39 Å². The molecule has 3 rings (SSSR count). The predicted molar refractivity (Wildman–Crippen MR) is 85.7 cm³/mol. The van der Waals surface area contributed by atoms with Crippen molar-refractivity contribution in [3.63, 3.8) is 0 Å². The molecule has 0 aliphatic heterocycles. The molecule has 5 heteroatoms. The number of hydrogen-bond donors (Lipinski definition) is 1. The molecule has 1 atom stereocenters. The van der Waals surface area contributed by atoms with Crippen molar-refractivity contribution in [2.75, 3.05) is 6.54 Å². The van der Waals surface area contributed by atoms with Crippen LogP contribution in [0.5, 0.6) is 0 Å². The van der Waals surface area contributed by atoms with Crippen LogP contribution < -0.4 is 5.32 Å². The van der Waals surface area contributed by atoms with Crippen LogP contribution in [0.15, 0.2) is 18.2 Å². The fourth-order valence-electron chi connectivity index (χ4n) is 2.84. The molecular weight excluding hydrogens is 307 g/mol. The lowest BCUT2D eigenvalue weighted by atomic mass is 9.97. The van der Waals surface area contributed by atoms with Crippen LogP contribution in [0.4, 0.5) is 4.39 Å². The molecule has 2 aromatic rings. The number of aryl methyl sites for hydroxylation is 1. The molecule has 1 aliphatic carbocycles. The van der Waals surface area contributed by atoms with Gasteiger partial charge in [-0.3, -0.25) is 0 Å². The zero-order chi connectivity index (χ0) is 14.8. The second kappa shape index (κ2) is 6.42. The molecule has 1 aromatic heterocycles. The Balaban J connectivity index is 1.88. The molecule has 0 bridgehead atoms. The van der Waals surface area contributed by atoms with Gasteiger partial charge >= 0.3 is 0 Å². The minimum absolute atomic E-state index is 0.251. The molecule has 0 saturated heterocycles.